The van der Waals surface area contributed by atoms with E-state index in [1.165, 1.54) is 11.1 Å². The molecule has 0 aliphatic heterocycles. The lowest BCUT2D eigenvalue weighted by atomic mass is 10.0. The van der Waals surface area contributed by atoms with E-state index in [9.17, 15) is 4.79 Å². The van der Waals surface area contributed by atoms with Crippen LogP contribution < -0.4 is 5.32 Å². The molecule has 2 heteroatoms. The van der Waals surface area contributed by atoms with E-state index in [0.29, 0.717) is 6.42 Å². The first-order valence-corrected chi connectivity index (χ1v) is 7.50. The second-order valence-corrected chi connectivity index (χ2v) is 5.55. The summed E-state index contributed by atoms with van der Waals surface area (Å²) in [5, 5.41) is 3.13. The van der Waals surface area contributed by atoms with Crippen LogP contribution in [0.5, 0.6) is 0 Å². The summed E-state index contributed by atoms with van der Waals surface area (Å²) in [7, 11) is 0. The smallest absolute Gasteiger partial charge is 0.224 e. The molecule has 2 aromatic rings. The number of amides is 1. The molecule has 0 aliphatic carbocycles. The molecule has 0 heterocycles. The van der Waals surface area contributed by atoms with Crippen molar-refractivity contribution in [3.63, 3.8) is 0 Å². The first-order chi connectivity index (χ1) is 10.1. The number of carbonyl (C=O) groups is 1. The van der Waals surface area contributed by atoms with E-state index < -0.39 is 0 Å². The summed E-state index contributed by atoms with van der Waals surface area (Å²) >= 11 is 0. The largest absolute Gasteiger partial charge is 0.349 e. The van der Waals surface area contributed by atoms with Crippen molar-refractivity contribution < 1.29 is 4.79 Å². The van der Waals surface area contributed by atoms with Gasteiger partial charge in [0, 0.05) is 0 Å². The summed E-state index contributed by atoms with van der Waals surface area (Å²) in [4.78, 5) is 12.3. The lowest BCUT2D eigenvalue weighted by Crippen LogP contribution is -2.29. The molecule has 0 aromatic heterocycles. The zero-order valence-corrected chi connectivity index (χ0v) is 13.0. The Hall–Kier alpha value is -2.09. The molecule has 0 spiro atoms. The van der Waals surface area contributed by atoms with Crippen molar-refractivity contribution in [2.45, 2.75) is 39.7 Å². The molecule has 1 N–H and O–H groups in total. The summed E-state index contributed by atoms with van der Waals surface area (Å²) in [6, 6.07) is 16.5. The zero-order chi connectivity index (χ0) is 15.2. The van der Waals surface area contributed by atoms with Crippen molar-refractivity contribution in [1.29, 1.82) is 0 Å². The lowest BCUT2D eigenvalue weighted by molar-refractivity contribution is -0.121. The van der Waals surface area contributed by atoms with Crippen molar-refractivity contribution in [1.82, 2.24) is 5.32 Å². The van der Waals surface area contributed by atoms with E-state index in [4.69, 9.17) is 0 Å². The van der Waals surface area contributed by atoms with Gasteiger partial charge in [-0.2, -0.15) is 0 Å². The molecular formula is C19H23NO. The first-order valence-electron chi connectivity index (χ1n) is 7.50. The predicted octanol–water partition coefficient (Wildman–Crippen LogP) is 4.11. The summed E-state index contributed by atoms with van der Waals surface area (Å²) < 4.78 is 0. The molecule has 2 nitrogen and oxygen atoms in total. The standard InChI is InChI=1S/C19H23NO/c1-4-18(16-8-6-5-7-9-16)20-19(21)13-17-11-10-14(2)12-15(17)3/h5-12,18H,4,13H2,1-3H3,(H,20,21)/t18-/m1/s1. The molecular weight excluding hydrogens is 258 g/mol. The normalized spacial score (nSPS) is 12.0. The minimum atomic E-state index is 0.0812. The Bertz CT molecular complexity index is 604. The second-order valence-electron chi connectivity index (χ2n) is 5.55. The second kappa shape index (κ2) is 7.07. The highest BCUT2D eigenvalue weighted by Gasteiger charge is 2.13. The molecule has 2 rings (SSSR count). The summed E-state index contributed by atoms with van der Waals surface area (Å²) in [5.41, 5.74) is 4.67. The molecule has 0 saturated carbocycles. The SMILES string of the molecule is CC[C@@H](NC(=O)Cc1ccc(C)cc1C)c1ccccc1. The van der Waals surface area contributed by atoms with Gasteiger partial charge in [0.1, 0.15) is 0 Å². The molecule has 2 aromatic carbocycles. The minimum absolute atomic E-state index is 0.0812. The van der Waals surface area contributed by atoms with Crippen LogP contribution in [0, 0.1) is 13.8 Å². The average Bonchev–Trinajstić information content (AvgIpc) is 2.48. The van der Waals surface area contributed by atoms with Gasteiger partial charge in [0.15, 0.2) is 0 Å². The number of hydrogen-bond donors (Lipinski definition) is 1. The maximum Gasteiger partial charge on any atom is 0.224 e. The van der Waals surface area contributed by atoms with Crippen molar-refractivity contribution in [2.75, 3.05) is 0 Å². The molecule has 1 amide bonds. The molecule has 0 fully saturated rings. The highest BCUT2D eigenvalue weighted by Crippen LogP contribution is 2.17. The van der Waals surface area contributed by atoms with Crippen LogP contribution in [-0.2, 0) is 11.2 Å². The lowest BCUT2D eigenvalue weighted by Gasteiger charge is -2.18. The van der Waals surface area contributed by atoms with Gasteiger partial charge in [-0.05, 0) is 37.0 Å². The van der Waals surface area contributed by atoms with Crippen molar-refractivity contribution in [3.05, 3.63) is 70.8 Å². The molecule has 110 valence electrons. The van der Waals surface area contributed by atoms with Crippen LogP contribution in [0.1, 0.15) is 41.6 Å². The Morgan fingerprint density at radius 2 is 1.81 bits per heavy atom. The monoisotopic (exact) mass is 281 g/mol. The number of hydrogen-bond acceptors (Lipinski definition) is 1. The van der Waals surface area contributed by atoms with E-state index in [0.717, 1.165) is 17.5 Å². The quantitative estimate of drug-likeness (QED) is 0.878. The van der Waals surface area contributed by atoms with Crippen LogP contribution in [0.4, 0.5) is 0 Å². The summed E-state index contributed by atoms with van der Waals surface area (Å²) in [6.07, 6.45) is 1.33. The minimum Gasteiger partial charge on any atom is -0.349 e. The van der Waals surface area contributed by atoms with Gasteiger partial charge in [0.2, 0.25) is 5.91 Å². The van der Waals surface area contributed by atoms with E-state index >= 15 is 0 Å². The third kappa shape index (κ3) is 4.19. The fraction of sp³-hybridized carbons (Fsp3) is 0.316. The summed E-state index contributed by atoms with van der Waals surface area (Å²) in [5.74, 6) is 0.0812. The summed E-state index contributed by atoms with van der Waals surface area (Å²) in [6.45, 7) is 6.22. The highest BCUT2D eigenvalue weighted by atomic mass is 16.1. The predicted molar refractivity (Wildman–Crippen MR) is 87.2 cm³/mol. The van der Waals surface area contributed by atoms with Crippen molar-refractivity contribution in [2.24, 2.45) is 0 Å². The molecule has 0 radical (unpaired) electrons. The van der Waals surface area contributed by atoms with Gasteiger partial charge in [0.25, 0.3) is 0 Å². The topological polar surface area (TPSA) is 29.1 Å². The molecule has 21 heavy (non-hydrogen) atoms. The fourth-order valence-electron chi connectivity index (χ4n) is 2.57. The van der Waals surface area contributed by atoms with Crippen LogP contribution in [0.2, 0.25) is 0 Å². The fourth-order valence-corrected chi connectivity index (χ4v) is 2.57. The maximum absolute atomic E-state index is 12.3. The first kappa shape index (κ1) is 15.3. The number of benzene rings is 2. The number of carbonyl (C=O) groups excluding carboxylic acids is 1. The van der Waals surface area contributed by atoms with Crippen LogP contribution in [0.3, 0.4) is 0 Å². The number of aryl methyl sites for hydroxylation is 2. The third-order valence-electron chi connectivity index (χ3n) is 3.79. The van der Waals surface area contributed by atoms with Gasteiger partial charge in [-0.15, -0.1) is 0 Å². The number of nitrogens with one attached hydrogen (secondary N) is 1. The Morgan fingerprint density at radius 3 is 2.43 bits per heavy atom. The van der Waals surface area contributed by atoms with Crippen molar-refractivity contribution in [3.8, 4) is 0 Å². The zero-order valence-electron chi connectivity index (χ0n) is 13.0. The third-order valence-corrected chi connectivity index (χ3v) is 3.79. The van der Waals surface area contributed by atoms with Crippen LogP contribution >= 0.6 is 0 Å². The van der Waals surface area contributed by atoms with Crippen molar-refractivity contribution >= 4 is 5.91 Å². The maximum atomic E-state index is 12.3. The van der Waals surface area contributed by atoms with Crippen LogP contribution in [0.15, 0.2) is 48.5 Å². The van der Waals surface area contributed by atoms with E-state index in [1.807, 2.05) is 24.3 Å². The van der Waals surface area contributed by atoms with E-state index in [1.54, 1.807) is 0 Å². The molecule has 0 bridgehead atoms. The van der Waals surface area contributed by atoms with E-state index in [2.05, 4.69) is 50.4 Å². The van der Waals surface area contributed by atoms with E-state index in [-0.39, 0.29) is 11.9 Å². The van der Waals surface area contributed by atoms with Gasteiger partial charge in [0.05, 0.1) is 12.5 Å². The highest BCUT2D eigenvalue weighted by molar-refractivity contribution is 5.79. The average molecular weight is 281 g/mol. The Labute approximate surface area is 127 Å². The van der Waals surface area contributed by atoms with Gasteiger partial charge in [-0.3, -0.25) is 4.79 Å². The Balaban J connectivity index is 2.03. The Kier molecular flexibility index (Phi) is 5.15. The molecule has 0 saturated heterocycles. The molecule has 0 aliphatic rings. The number of rotatable bonds is 5. The van der Waals surface area contributed by atoms with Crippen LogP contribution in [0.25, 0.3) is 0 Å². The molecule has 0 unspecified atom stereocenters. The van der Waals surface area contributed by atoms with Gasteiger partial charge in [-0.25, -0.2) is 0 Å². The van der Waals surface area contributed by atoms with Gasteiger partial charge < -0.3 is 5.32 Å². The molecule has 1 atom stereocenters. The van der Waals surface area contributed by atoms with Gasteiger partial charge in [-0.1, -0.05) is 61.0 Å². The van der Waals surface area contributed by atoms with Crippen LogP contribution in [-0.4, -0.2) is 5.91 Å². The van der Waals surface area contributed by atoms with Gasteiger partial charge >= 0.3 is 0 Å². The Morgan fingerprint density at radius 1 is 1.10 bits per heavy atom.